The SMILES string of the molecule is Cc1ccc(N2CC(c3ccc(Cl)cc3Oc3ccc(F)cc3C)CC2=O)cc1. The molecule has 3 aromatic rings. The maximum Gasteiger partial charge on any atom is 0.227 e. The lowest BCUT2D eigenvalue weighted by molar-refractivity contribution is -0.117. The van der Waals surface area contributed by atoms with Crippen LogP contribution in [0.1, 0.15) is 29.0 Å². The van der Waals surface area contributed by atoms with Gasteiger partial charge in [-0.05, 0) is 61.9 Å². The van der Waals surface area contributed by atoms with Crippen LogP contribution in [0.4, 0.5) is 10.1 Å². The summed E-state index contributed by atoms with van der Waals surface area (Å²) < 4.78 is 19.5. The first kappa shape index (κ1) is 19.5. The zero-order chi connectivity index (χ0) is 20.5. The van der Waals surface area contributed by atoms with Gasteiger partial charge in [-0.1, -0.05) is 35.4 Å². The second kappa shape index (κ2) is 7.88. The summed E-state index contributed by atoms with van der Waals surface area (Å²) in [6, 6.07) is 17.8. The predicted molar refractivity (Wildman–Crippen MR) is 114 cm³/mol. The third-order valence-electron chi connectivity index (χ3n) is 5.24. The number of benzene rings is 3. The van der Waals surface area contributed by atoms with E-state index in [1.807, 2.05) is 42.2 Å². The molecule has 3 aromatic carbocycles. The van der Waals surface area contributed by atoms with E-state index in [1.165, 1.54) is 12.1 Å². The number of halogens is 2. The second-order valence-corrected chi connectivity index (χ2v) is 7.87. The minimum Gasteiger partial charge on any atom is -0.457 e. The third kappa shape index (κ3) is 4.13. The van der Waals surface area contributed by atoms with Gasteiger partial charge in [-0.3, -0.25) is 4.79 Å². The molecule has 0 spiro atoms. The number of rotatable bonds is 4. The van der Waals surface area contributed by atoms with Gasteiger partial charge in [0.25, 0.3) is 0 Å². The lowest BCUT2D eigenvalue weighted by Crippen LogP contribution is -2.24. The maximum atomic E-state index is 13.4. The molecule has 0 N–H and O–H groups in total. The van der Waals surface area contributed by atoms with Gasteiger partial charge in [0.15, 0.2) is 0 Å². The smallest absolute Gasteiger partial charge is 0.227 e. The van der Waals surface area contributed by atoms with E-state index in [1.54, 1.807) is 25.1 Å². The molecule has 3 nitrogen and oxygen atoms in total. The van der Waals surface area contributed by atoms with E-state index in [2.05, 4.69) is 0 Å². The van der Waals surface area contributed by atoms with Crippen molar-refractivity contribution in [1.29, 1.82) is 0 Å². The number of carbonyl (C=O) groups excluding carboxylic acids is 1. The average molecular weight is 410 g/mol. The van der Waals surface area contributed by atoms with Crippen LogP contribution < -0.4 is 9.64 Å². The Morgan fingerprint density at radius 3 is 2.48 bits per heavy atom. The van der Waals surface area contributed by atoms with E-state index < -0.39 is 0 Å². The molecule has 0 saturated carbocycles. The van der Waals surface area contributed by atoms with Crippen LogP contribution in [0.3, 0.4) is 0 Å². The third-order valence-corrected chi connectivity index (χ3v) is 5.48. The van der Waals surface area contributed by atoms with E-state index in [0.717, 1.165) is 16.8 Å². The fourth-order valence-electron chi connectivity index (χ4n) is 3.67. The van der Waals surface area contributed by atoms with Gasteiger partial charge in [-0.15, -0.1) is 0 Å². The molecule has 148 valence electrons. The number of aryl methyl sites for hydroxylation is 2. The molecule has 1 fully saturated rings. The summed E-state index contributed by atoms with van der Waals surface area (Å²) in [5.74, 6) is 0.913. The van der Waals surface area contributed by atoms with Crippen molar-refractivity contribution in [2.24, 2.45) is 0 Å². The molecule has 1 heterocycles. The summed E-state index contributed by atoms with van der Waals surface area (Å²) in [6.07, 6.45) is 0.397. The van der Waals surface area contributed by atoms with Gasteiger partial charge >= 0.3 is 0 Å². The van der Waals surface area contributed by atoms with E-state index in [0.29, 0.717) is 35.1 Å². The van der Waals surface area contributed by atoms with E-state index in [-0.39, 0.29) is 17.6 Å². The fraction of sp³-hybridized carbons (Fsp3) is 0.208. The largest absolute Gasteiger partial charge is 0.457 e. The van der Waals surface area contributed by atoms with Gasteiger partial charge < -0.3 is 9.64 Å². The number of nitrogens with zero attached hydrogens (tertiary/aromatic N) is 1. The highest BCUT2D eigenvalue weighted by atomic mass is 35.5. The molecule has 0 bridgehead atoms. The molecule has 1 saturated heterocycles. The van der Waals surface area contributed by atoms with Crippen LogP contribution in [0, 0.1) is 19.7 Å². The minimum absolute atomic E-state index is 0.0168. The van der Waals surface area contributed by atoms with Crippen molar-refractivity contribution >= 4 is 23.2 Å². The molecule has 1 aliphatic rings. The van der Waals surface area contributed by atoms with Crippen molar-refractivity contribution in [3.05, 3.63) is 88.2 Å². The molecule has 0 aromatic heterocycles. The first-order chi connectivity index (χ1) is 13.9. The standard InChI is InChI=1S/C24H21ClFNO2/c1-15-3-7-20(8-4-15)27-14-17(12-24(27)28)21-9-5-18(25)13-23(21)29-22-10-6-19(26)11-16(22)2/h3-11,13,17H,12,14H2,1-2H3. The maximum absolute atomic E-state index is 13.4. The first-order valence-electron chi connectivity index (χ1n) is 9.51. The highest BCUT2D eigenvalue weighted by Gasteiger charge is 2.33. The Hall–Kier alpha value is -2.85. The molecule has 4 rings (SSSR count). The molecular formula is C24H21ClFNO2. The molecule has 29 heavy (non-hydrogen) atoms. The molecule has 0 radical (unpaired) electrons. The van der Waals surface area contributed by atoms with Crippen LogP contribution in [-0.2, 0) is 4.79 Å². The summed E-state index contributed by atoms with van der Waals surface area (Å²) >= 11 is 6.21. The monoisotopic (exact) mass is 409 g/mol. The van der Waals surface area contributed by atoms with Crippen LogP contribution >= 0.6 is 11.6 Å². The minimum atomic E-state index is -0.309. The lowest BCUT2D eigenvalue weighted by Gasteiger charge is -2.19. The zero-order valence-corrected chi connectivity index (χ0v) is 17.0. The number of hydrogen-bond donors (Lipinski definition) is 0. The van der Waals surface area contributed by atoms with Crippen molar-refractivity contribution in [1.82, 2.24) is 0 Å². The number of hydrogen-bond acceptors (Lipinski definition) is 2. The Bertz CT molecular complexity index is 1060. The van der Waals surface area contributed by atoms with Crippen LogP contribution in [0.25, 0.3) is 0 Å². The van der Waals surface area contributed by atoms with Gasteiger partial charge in [-0.2, -0.15) is 0 Å². The van der Waals surface area contributed by atoms with Crippen LogP contribution in [-0.4, -0.2) is 12.5 Å². The van der Waals surface area contributed by atoms with Crippen molar-refractivity contribution in [2.75, 3.05) is 11.4 Å². The molecule has 1 aliphatic heterocycles. The molecular weight excluding hydrogens is 389 g/mol. The summed E-state index contributed by atoms with van der Waals surface area (Å²) in [5.41, 5.74) is 3.66. The van der Waals surface area contributed by atoms with Gasteiger partial charge in [0.1, 0.15) is 17.3 Å². The quantitative estimate of drug-likeness (QED) is 0.498. The van der Waals surface area contributed by atoms with Crippen LogP contribution in [0.2, 0.25) is 5.02 Å². The Morgan fingerprint density at radius 2 is 1.76 bits per heavy atom. The molecule has 1 amide bonds. The molecule has 5 heteroatoms. The molecule has 1 unspecified atom stereocenters. The van der Waals surface area contributed by atoms with Crippen molar-refractivity contribution in [3.8, 4) is 11.5 Å². The second-order valence-electron chi connectivity index (χ2n) is 7.43. The van der Waals surface area contributed by atoms with Crippen molar-refractivity contribution in [2.45, 2.75) is 26.2 Å². The summed E-state index contributed by atoms with van der Waals surface area (Å²) in [7, 11) is 0. The Morgan fingerprint density at radius 1 is 1.00 bits per heavy atom. The number of carbonyl (C=O) groups is 1. The fourth-order valence-corrected chi connectivity index (χ4v) is 3.83. The average Bonchev–Trinajstić information content (AvgIpc) is 3.06. The van der Waals surface area contributed by atoms with Gasteiger partial charge in [-0.25, -0.2) is 4.39 Å². The highest BCUT2D eigenvalue weighted by molar-refractivity contribution is 6.30. The molecule has 0 aliphatic carbocycles. The van der Waals surface area contributed by atoms with Gasteiger partial charge in [0.05, 0.1) is 0 Å². The summed E-state index contributed by atoms with van der Waals surface area (Å²) in [5, 5.41) is 0.545. The summed E-state index contributed by atoms with van der Waals surface area (Å²) in [4.78, 5) is 14.5. The topological polar surface area (TPSA) is 29.5 Å². The Balaban J connectivity index is 1.63. The Labute approximate surface area is 174 Å². The predicted octanol–water partition coefficient (Wildman–Crippen LogP) is 6.41. The number of amides is 1. The van der Waals surface area contributed by atoms with E-state index in [4.69, 9.17) is 16.3 Å². The number of ether oxygens (including phenoxy) is 1. The van der Waals surface area contributed by atoms with Gasteiger partial charge in [0.2, 0.25) is 5.91 Å². The van der Waals surface area contributed by atoms with Crippen molar-refractivity contribution in [3.63, 3.8) is 0 Å². The Kier molecular flexibility index (Phi) is 5.29. The van der Waals surface area contributed by atoms with Gasteiger partial charge in [0, 0.05) is 35.2 Å². The first-order valence-corrected chi connectivity index (χ1v) is 9.89. The lowest BCUT2D eigenvalue weighted by atomic mass is 9.97. The number of anilines is 1. The van der Waals surface area contributed by atoms with Crippen LogP contribution in [0.5, 0.6) is 11.5 Å². The zero-order valence-electron chi connectivity index (χ0n) is 16.3. The normalized spacial score (nSPS) is 16.3. The van der Waals surface area contributed by atoms with Crippen molar-refractivity contribution < 1.29 is 13.9 Å². The van der Waals surface area contributed by atoms with E-state index >= 15 is 0 Å². The summed E-state index contributed by atoms with van der Waals surface area (Å²) in [6.45, 7) is 4.39. The van der Waals surface area contributed by atoms with Crippen LogP contribution in [0.15, 0.2) is 60.7 Å². The highest BCUT2D eigenvalue weighted by Crippen LogP contribution is 2.39. The van der Waals surface area contributed by atoms with E-state index in [9.17, 15) is 9.18 Å². The molecule has 1 atom stereocenters.